The molecule has 6 heteroatoms. The lowest BCUT2D eigenvalue weighted by atomic mass is 10.0. The molecular formula is C21H20FN3O2. The molecule has 1 aromatic heterocycles. The Morgan fingerprint density at radius 1 is 1.07 bits per heavy atom. The van der Waals surface area contributed by atoms with E-state index in [1.54, 1.807) is 38.1 Å². The summed E-state index contributed by atoms with van der Waals surface area (Å²) in [5, 5.41) is 7.17. The largest absolute Gasteiger partial charge is 0.324 e. The maximum absolute atomic E-state index is 13.1. The van der Waals surface area contributed by atoms with E-state index in [0.29, 0.717) is 16.9 Å². The fourth-order valence-corrected chi connectivity index (χ4v) is 2.69. The molecule has 0 unspecified atom stereocenters. The van der Waals surface area contributed by atoms with Crippen molar-refractivity contribution in [2.24, 2.45) is 0 Å². The predicted octanol–water partition coefficient (Wildman–Crippen LogP) is 3.73. The molecule has 138 valence electrons. The lowest BCUT2D eigenvalue weighted by molar-refractivity contribution is -0.123. The fourth-order valence-electron chi connectivity index (χ4n) is 2.69. The van der Waals surface area contributed by atoms with Crippen molar-refractivity contribution >= 4 is 11.6 Å². The second-order valence-electron chi connectivity index (χ2n) is 6.86. The number of carbonyl (C=O) groups excluding carboxylic acids is 1. The summed E-state index contributed by atoms with van der Waals surface area (Å²) in [6.45, 7) is 5.18. The third kappa shape index (κ3) is 3.95. The number of halogens is 1. The third-order valence-corrected chi connectivity index (χ3v) is 4.30. The molecule has 0 aliphatic rings. The van der Waals surface area contributed by atoms with Crippen molar-refractivity contribution in [3.05, 3.63) is 82.4 Å². The SMILES string of the molecule is Cc1cccc(NC(=O)C(C)(C)n2nc(-c3ccc(F)cc3)ccc2=O)c1. The Hall–Kier alpha value is -3.28. The molecule has 1 heterocycles. The van der Waals surface area contributed by atoms with Crippen LogP contribution in [0.5, 0.6) is 0 Å². The molecule has 5 nitrogen and oxygen atoms in total. The Labute approximate surface area is 156 Å². The van der Waals surface area contributed by atoms with Crippen LogP contribution in [0.2, 0.25) is 0 Å². The number of aromatic nitrogens is 2. The minimum atomic E-state index is -1.23. The van der Waals surface area contributed by atoms with Gasteiger partial charge in [0.05, 0.1) is 5.69 Å². The van der Waals surface area contributed by atoms with E-state index in [4.69, 9.17) is 0 Å². The molecule has 0 aliphatic heterocycles. The molecule has 0 radical (unpaired) electrons. The van der Waals surface area contributed by atoms with Gasteiger partial charge in [0.1, 0.15) is 11.4 Å². The zero-order chi connectivity index (χ0) is 19.6. The van der Waals surface area contributed by atoms with Crippen molar-refractivity contribution in [1.82, 2.24) is 9.78 Å². The third-order valence-electron chi connectivity index (χ3n) is 4.30. The van der Waals surface area contributed by atoms with Crippen LogP contribution in [0.1, 0.15) is 19.4 Å². The Morgan fingerprint density at radius 2 is 1.78 bits per heavy atom. The van der Waals surface area contributed by atoms with Crippen molar-refractivity contribution in [3.8, 4) is 11.3 Å². The summed E-state index contributed by atoms with van der Waals surface area (Å²) in [4.78, 5) is 25.2. The molecular weight excluding hydrogens is 345 g/mol. The standard InChI is InChI=1S/C21H20FN3O2/c1-14-5-4-6-17(13-14)23-20(27)21(2,3)25-19(26)12-11-18(24-25)15-7-9-16(22)10-8-15/h4-13H,1-3H3,(H,23,27). The number of hydrogen-bond donors (Lipinski definition) is 1. The highest BCUT2D eigenvalue weighted by molar-refractivity contribution is 5.96. The van der Waals surface area contributed by atoms with Crippen LogP contribution >= 0.6 is 0 Å². The molecule has 3 rings (SSSR count). The van der Waals surface area contributed by atoms with Crippen LogP contribution in [0.3, 0.4) is 0 Å². The summed E-state index contributed by atoms with van der Waals surface area (Å²) in [6, 6.07) is 16.1. The van der Waals surface area contributed by atoms with Gasteiger partial charge in [-0.1, -0.05) is 12.1 Å². The van der Waals surface area contributed by atoms with Crippen molar-refractivity contribution in [1.29, 1.82) is 0 Å². The van der Waals surface area contributed by atoms with Crippen molar-refractivity contribution in [3.63, 3.8) is 0 Å². The highest BCUT2D eigenvalue weighted by Crippen LogP contribution is 2.20. The second kappa shape index (κ2) is 7.15. The van der Waals surface area contributed by atoms with Crippen LogP contribution in [0.4, 0.5) is 10.1 Å². The molecule has 1 N–H and O–H groups in total. The fraction of sp³-hybridized carbons (Fsp3) is 0.190. The van der Waals surface area contributed by atoms with E-state index < -0.39 is 11.1 Å². The smallest absolute Gasteiger partial charge is 0.267 e. The number of hydrogen-bond acceptors (Lipinski definition) is 3. The average molecular weight is 365 g/mol. The van der Waals surface area contributed by atoms with Gasteiger partial charge in [-0.15, -0.1) is 0 Å². The number of nitrogens with zero attached hydrogens (tertiary/aromatic N) is 2. The van der Waals surface area contributed by atoms with Crippen LogP contribution in [0.25, 0.3) is 11.3 Å². The number of nitrogens with one attached hydrogen (secondary N) is 1. The normalized spacial score (nSPS) is 11.3. The van der Waals surface area contributed by atoms with Gasteiger partial charge >= 0.3 is 0 Å². The van der Waals surface area contributed by atoms with Crippen LogP contribution < -0.4 is 10.9 Å². The van der Waals surface area contributed by atoms with Gasteiger partial charge < -0.3 is 5.32 Å². The van der Waals surface area contributed by atoms with Gasteiger partial charge in [0, 0.05) is 17.3 Å². The van der Waals surface area contributed by atoms with Crippen molar-refractivity contribution in [2.45, 2.75) is 26.3 Å². The van der Waals surface area contributed by atoms with E-state index in [1.165, 1.54) is 18.2 Å². The molecule has 0 spiro atoms. The summed E-state index contributed by atoms with van der Waals surface area (Å²) in [6.07, 6.45) is 0. The van der Waals surface area contributed by atoms with Gasteiger partial charge in [0.15, 0.2) is 0 Å². The minimum absolute atomic E-state index is 0.357. The highest BCUT2D eigenvalue weighted by Gasteiger charge is 2.32. The summed E-state index contributed by atoms with van der Waals surface area (Å²) in [7, 11) is 0. The van der Waals surface area contributed by atoms with Crippen LogP contribution in [-0.2, 0) is 10.3 Å². The van der Waals surface area contributed by atoms with Crippen molar-refractivity contribution in [2.75, 3.05) is 5.32 Å². The van der Waals surface area contributed by atoms with Crippen LogP contribution in [-0.4, -0.2) is 15.7 Å². The zero-order valence-electron chi connectivity index (χ0n) is 15.4. The molecule has 27 heavy (non-hydrogen) atoms. The Bertz CT molecular complexity index is 1040. The Balaban J connectivity index is 1.95. The number of anilines is 1. The van der Waals surface area contributed by atoms with E-state index in [9.17, 15) is 14.0 Å². The van der Waals surface area contributed by atoms with Crippen LogP contribution in [0.15, 0.2) is 65.5 Å². The van der Waals surface area contributed by atoms with Gasteiger partial charge in [-0.05, 0) is 68.8 Å². The zero-order valence-corrected chi connectivity index (χ0v) is 15.4. The number of carbonyl (C=O) groups is 1. The first-order chi connectivity index (χ1) is 12.8. The van der Waals surface area contributed by atoms with Gasteiger partial charge in [0.2, 0.25) is 0 Å². The van der Waals surface area contributed by atoms with Crippen molar-refractivity contribution < 1.29 is 9.18 Å². The molecule has 0 saturated heterocycles. The van der Waals surface area contributed by atoms with E-state index in [1.807, 2.05) is 25.1 Å². The van der Waals surface area contributed by atoms with E-state index in [0.717, 1.165) is 10.2 Å². The summed E-state index contributed by atoms with van der Waals surface area (Å²) < 4.78 is 14.3. The van der Waals surface area contributed by atoms with E-state index >= 15 is 0 Å². The lowest BCUT2D eigenvalue weighted by Gasteiger charge is -2.25. The number of benzene rings is 2. The first-order valence-electron chi connectivity index (χ1n) is 8.52. The Kier molecular flexibility index (Phi) is 4.90. The second-order valence-corrected chi connectivity index (χ2v) is 6.86. The first kappa shape index (κ1) is 18.5. The molecule has 0 atom stereocenters. The molecule has 2 aromatic carbocycles. The van der Waals surface area contributed by atoms with Gasteiger partial charge in [0.25, 0.3) is 11.5 Å². The van der Waals surface area contributed by atoms with Gasteiger partial charge in [-0.25, -0.2) is 9.07 Å². The molecule has 0 aliphatic carbocycles. The molecule has 3 aromatic rings. The van der Waals surface area contributed by atoms with E-state index in [2.05, 4.69) is 10.4 Å². The molecule has 0 saturated carbocycles. The monoisotopic (exact) mass is 365 g/mol. The molecule has 0 fully saturated rings. The maximum atomic E-state index is 13.1. The summed E-state index contributed by atoms with van der Waals surface area (Å²) >= 11 is 0. The van der Waals surface area contributed by atoms with Crippen LogP contribution in [0, 0.1) is 12.7 Å². The number of amides is 1. The summed E-state index contributed by atoms with van der Waals surface area (Å²) in [5.74, 6) is -0.719. The lowest BCUT2D eigenvalue weighted by Crippen LogP contribution is -2.47. The first-order valence-corrected chi connectivity index (χ1v) is 8.52. The predicted molar refractivity (Wildman–Crippen MR) is 103 cm³/mol. The van der Waals surface area contributed by atoms with E-state index in [-0.39, 0.29) is 11.7 Å². The van der Waals surface area contributed by atoms with Gasteiger partial charge in [-0.2, -0.15) is 5.10 Å². The quantitative estimate of drug-likeness (QED) is 0.766. The molecule has 0 bridgehead atoms. The number of rotatable bonds is 4. The maximum Gasteiger partial charge on any atom is 0.267 e. The number of aryl methyl sites for hydroxylation is 1. The molecule has 1 amide bonds. The average Bonchev–Trinajstić information content (AvgIpc) is 2.62. The topological polar surface area (TPSA) is 64.0 Å². The Morgan fingerprint density at radius 3 is 2.44 bits per heavy atom. The van der Waals surface area contributed by atoms with Gasteiger partial charge in [-0.3, -0.25) is 9.59 Å². The summed E-state index contributed by atoms with van der Waals surface area (Å²) in [5.41, 5.74) is 1.17. The minimum Gasteiger partial charge on any atom is -0.324 e. The highest BCUT2D eigenvalue weighted by atomic mass is 19.1.